The van der Waals surface area contributed by atoms with Crippen LogP contribution in [0.1, 0.15) is 48.3 Å². The Kier molecular flexibility index (Phi) is 4.53. The quantitative estimate of drug-likeness (QED) is 0.904. The Morgan fingerprint density at radius 3 is 2.50 bits per heavy atom. The average Bonchev–Trinajstić information content (AvgIpc) is 3.08. The molecule has 1 aromatic carbocycles. The monoisotopic (exact) mass is 356 g/mol. The summed E-state index contributed by atoms with van der Waals surface area (Å²) >= 11 is 0. The van der Waals surface area contributed by atoms with Crippen LogP contribution in [-0.4, -0.2) is 40.3 Å². The molecular formula is C21H28N2O3. The minimum atomic E-state index is -0.136. The van der Waals surface area contributed by atoms with Crippen molar-refractivity contribution in [3.8, 4) is 17.2 Å². The van der Waals surface area contributed by atoms with Gasteiger partial charge in [0.1, 0.15) is 11.5 Å². The third-order valence-electron chi connectivity index (χ3n) is 6.27. The number of ether oxygens (including phenoxy) is 1. The molecule has 0 amide bonds. The van der Waals surface area contributed by atoms with Crippen molar-refractivity contribution in [3.05, 3.63) is 34.7 Å². The Hall–Kier alpha value is -1.85. The van der Waals surface area contributed by atoms with E-state index in [2.05, 4.69) is 18.7 Å². The van der Waals surface area contributed by atoms with E-state index in [1.54, 1.807) is 7.11 Å². The Morgan fingerprint density at radius 1 is 1.15 bits per heavy atom. The van der Waals surface area contributed by atoms with Crippen LogP contribution in [0.5, 0.6) is 5.75 Å². The lowest BCUT2D eigenvalue weighted by molar-refractivity contribution is 0.0302. The molecule has 26 heavy (non-hydrogen) atoms. The Morgan fingerprint density at radius 2 is 1.85 bits per heavy atom. The van der Waals surface area contributed by atoms with Crippen LogP contribution in [0.25, 0.3) is 11.5 Å². The molecule has 1 aromatic heterocycles. The summed E-state index contributed by atoms with van der Waals surface area (Å²) in [5.74, 6) is 2.46. The van der Waals surface area contributed by atoms with Crippen molar-refractivity contribution >= 4 is 0 Å². The molecule has 0 spiro atoms. The third kappa shape index (κ3) is 2.93. The zero-order chi connectivity index (χ0) is 18.4. The molecule has 2 unspecified atom stereocenters. The second-order valence-corrected chi connectivity index (χ2v) is 7.77. The van der Waals surface area contributed by atoms with Gasteiger partial charge in [-0.25, -0.2) is 4.98 Å². The van der Waals surface area contributed by atoms with Gasteiger partial charge in [0, 0.05) is 24.2 Å². The number of aliphatic hydroxyl groups excluding tert-OH is 1. The van der Waals surface area contributed by atoms with E-state index in [-0.39, 0.29) is 6.10 Å². The van der Waals surface area contributed by atoms with E-state index in [0.29, 0.717) is 18.0 Å². The number of piperidine rings is 1. The summed E-state index contributed by atoms with van der Waals surface area (Å²) in [6, 6.07) is 4.96. The molecule has 2 aliphatic rings. The predicted molar refractivity (Wildman–Crippen MR) is 100 cm³/mol. The van der Waals surface area contributed by atoms with Gasteiger partial charge in [-0.05, 0) is 69.7 Å². The summed E-state index contributed by atoms with van der Waals surface area (Å²) in [6.07, 6.45) is 4.00. The zero-order valence-electron chi connectivity index (χ0n) is 16.1. The number of oxazole rings is 1. The van der Waals surface area contributed by atoms with Crippen LogP contribution >= 0.6 is 0 Å². The number of aromatic nitrogens is 1. The van der Waals surface area contributed by atoms with Gasteiger partial charge >= 0.3 is 0 Å². The number of nitrogens with zero attached hydrogens (tertiary/aromatic N) is 2. The molecule has 2 atom stereocenters. The largest absolute Gasteiger partial charge is 0.496 e. The number of hydrogen-bond acceptors (Lipinski definition) is 5. The SMILES string of the molecule is COc1ccc(-c2nc(CN3C4CCC3CC(O)C4)c(C)o2)c(C)c1C. The minimum absolute atomic E-state index is 0.136. The number of aliphatic hydroxyl groups is 1. The highest BCUT2D eigenvalue weighted by molar-refractivity contribution is 5.63. The predicted octanol–water partition coefficient (Wildman–Crippen LogP) is 3.76. The van der Waals surface area contributed by atoms with Gasteiger partial charge in [-0.2, -0.15) is 0 Å². The Balaban J connectivity index is 1.60. The third-order valence-corrected chi connectivity index (χ3v) is 6.27. The summed E-state index contributed by atoms with van der Waals surface area (Å²) in [4.78, 5) is 7.36. The number of methoxy groups -OCH3 is 1. The molecule has 2 bridgehead atoms. The van der Waals surface area contributed by atoms with Crippen molar-refractivity contribution in [3.63, 3.8) is 0 Å². The molecule has 4 rings (SSSR count). The van der Waals surface area contributed by atoms with Crippen molar-refractivity contribution in [2.45, 2.75) is 71.2 Å². The van der Waals surface area contributed by atoms with Gasteiger partial charge in [-0.1, -0.05) is 0 Å². The molecule has 2 aliphatic heterocycles. The van der Waals surface area contributed by atoms with E-state index in [0.717, 1.165) is 53.3 Å². The van der Waals surface area contributed by atoms with Crippen LogP contribution in [0.15, 0.2) is 16.5 Å². The van der Waals surface area contributed by atoms with Crippen LogP contribution in [0.2, 0.25) is 0 Å². The van der Waals surface area contributed by atoms with Gasteiger partial charge in [-0.3, -0.25) is 4.90 Å². The number of fused-ring (bicyclic) bond motifs is 2. The van der Waals surface area contributed by atoms with Crippen molar-refractivity contribution in [2.24, 2.45) is 0 Å². The lowest BCUT2D eigenvalue weighted by atomic mass is 9.99. The second-order valence-electron chi connectivity index (χ2n) is 7.77. The van der Waals surface area contributed by atoms with E-state index in [1.807, 2.05) is 19.1 Å². The summed E-state index contributed by atoms with van der Waals surface area (Å²) in [6.45, 7) is 6.95. The fraction of sp³-hybridized carbons (Fsp3) is 0.571. The number of aryl methyl sites for hydroxylation is 1. The molecule has 140 valence electrons. The van der Waals surface area contributed by atoms with Gasteiger partial charge in [0.2, 0.25) is 5.89 Å². The van der Waals surface area contributed by atoms with E-state index >= 15 is 0 Å². The number of hydrogen-bond donors (Lipinski definition) is 1. The highest BCUT2D eigenvalue weighted by Gasteiger charge is 2.40. The van der Waals surface area contributed by atoms with Crippen molar-refractivity contribution in [1.82, 2.24) is 9.88 Å². The van der Waals surface area contributed by atoms with Crippen LogP contribution in [0.3, 0.4) is 0 Å². The maximum atomic E-state index is 10.0. The number of rotatable bonds is 4. The second kappa shape index (κ2) is 6.71. The fourth-order valence-electron chi connectivity index (χ4n) is 4.62. The van der Waals surface area contributed by atoms with Gasteiger partial charge in [-0.15, -0.1) is 0 Å². The van der Waals surface area contributed by atoms with E-state index in [4.69, 9.17) is 14.1 Å². The first kappa shape index (κ1) is 17.6. The first-order chi connectivity index (χ1) is 12.5. The maximum Gasteiger partial charge on any atom is 0.226 e. The Labute approximate surface area is 155 Å². The molecule has 1 N–H and O–H groups in total. The highest BCUT2D eigenvalue weighted by atomic mass is 16.5. The van der Waals surface area contributed by atoms with Crippen LogP contribution in [0, 0.1) is 20.8 Å². The van der Waals surface area contributed by atoms with Gasteiger partial charge in [0.05, 0.1) is 18.9 Å². The first-order valence-corrected chi connectivity index (χ1v) is 9.52. The van der Waals surface area contributed by atoms with Gasteiger partial charge in [0.25, 0.3) is 0 Å². The minimum Gasteiger partial charge on any atom is -0.496 e. The average molecular weight is 356 g/mol. The number of benzene rings is 1. The maximum absolute atomic E-state index is 10.0. The van der Waals surface area contributed by atoms with Crippen molar-refractivity contribution in [2.75, 3.05) is 7.11 Å². The van der Waals surface area contributed by atoms with Crippen LogP contribution in [0.4, 0.5) is 0 Å². The molecule has 3 heterocycles. The Bertz CT molecular complexity index is 800. The molecule has 2 saturated heterocycles. The summed E-state index contributed by atoms with van der Waals surface area (Å²) in [5, 5.41) is 10.0. The summed E-state index contributed by atoms with van der Waals surface area (Å²) in [5.41, 5.74) is 4.29. The molecule has 0 aliphatic carbocycles. The van der Waals surface area contributed by atoms with E-state index in [1.165, 1.54) is 12.8 Å². The molecule has 0 saturated carbocycles. The fourth-order valence-corrected chi connectivity index (χ4v) is 4.62. The first-order valence-electron chi connectivity index (χ1n) is 9.52. The van der Waals surface area contributed by atoms with E-state index in [9.17, 15) is 5.11 Å². The lowest BCUT2D eigenvalue weighted by Gasteiger charge is -2.36. The molecule has 2 aromatic rings. The summed E-state index contributed by atoms with van der Waals surface area (Å²) < 4.78 is 11.4. The molecule has 5 nitrogen and oxygen atoms in total. The molecule has 0 radical (unpaired) electrons. The lowest BCUT2D eigenvalue weighted by Crippen LogP contribution is -2.44. The van der Waals surface area contributed by atoms with Crippen molar-refractivity contribution < 1.29 is 14.3 Å². The molecular weight excluding hydrogens is 328 g/mol. The van der Waals surface area contributed by atoms with E-state index < -0.39 is 0 Å². The standard InChI is InChI=1S/C21H28N2O3/c1-12-13(2)20(25-4)8-7-18(12)21-22-19(14(3)26-21)11-23-15-5-6-16(23)10-17(24)9-15/h7-8,15-17,24H,5-6,9-11H2,1-4H3. The normalized spacial score (nSPS) is 25.7. The van der Waals surface area contributed by atoms with Crippen LogP contribution < -0.4 is 4.74 Å². The van der Waals surface area contributed by atoms with Crippen molar-refractivity contribution in [1.29, 1.82) is 0 Å². The zero-order valence-corrected chi connectivity index (χ0v) is 16.1. The van der Waals surface area contributed by atoms with Crippen LogP contribution in [-0.2, 0) is 6.54 Å². The van der Waals surface area contributed by atoms with Gasteiger partial charge < -0.3 is 14.3 Å². The summed E-state index contributed by atoms with van der Waals surface area (Å²) in [7, 11) is 1.69. The highest BCUT2D eigenvalue weighted by Crippen LogP contribution is 2.38. The topological polar surface area (TPSA) is 58.7 Å². The van der Waals surface area contributed by atoms with Gasteiger partial charge in [0.15, 0.2) is 0 Å². The molecule has 5 heteroatoms. The molecule has 2 fully saturated rings. The smallest absolute Gasteiger partial charge is 0.226 e.